The molecule has 0 aromatic rings. The van der Waals surface area contributed by atoms with Crippen molar-refractivity contribution in [2.45, 2.75) is 137 Å². The summed E-state index contributed by atoms with van der Waals surface area (Å²) in [5.74, 6) is -0.197. The summed E-state index contributed by atoms with van der Waals surface area (Å²) in [6.45, 7) is 16.3. The Labute approximate surface area is 298 Å². The van der Waals surface area contributed by atoms with Gasteiger partial charge in [-0.05, 0) is 61.7 Å². The van der Waals surface area contributed by atoms with Gasteiger partial charge in [-0.1, -0.05) is 67.7 Å². The molecule has 2 rings (SSSR count). The van der Waals surface area contributed by atoms with Gasteiger partial charge in [0.2, 0.25) is 17.6 Å². The lowest BCUT2D eigenvalue weighted by atomic mass is 9.70. The SMILES string of the molecule is C#CCCC(NC(=O)C1[C@@H](C(C)C)CCN1C(=O)C(NC(=O)N[C@H](COC(=O)NCC)C(C)(C)C)C1(C)CCCCC1)C(=O)C(=O)NCCC. The van der Waals surface area contributed by atoms with Crippen LogP contribution in [-0.2, 0) is 23.9 Å². The van der Waals surface area contributed by atoms with Crippen LogP contribution in [0.3, 0.4) is 0 Å². The van der Waals surface area contributed by atoms with Gasteiger partial charge in [-0.2, -0.15) is 0 Å². The fourth-order valence-corrected chi connectivity index (χ4v) is 6.88. The molecule has 50 heavy (non-hydrogen) atoms. The lowest BCUT2D eigenvalue weighted by Gasteiger charge is -2.43. The summed E-state index contributed by atoms with van der Waals surface area (Å²) < 4.78 is 5.35. The Morgan fingerprint density at radius 1 is 0.980 bits per heavy atom. The van der Waals surface area contributed by atoms with Crippen LogP contribution in [0.25, 0.3) is 0 Å². The van der Waals surface area contributed by atoms with Crippen molar-refractivity contribution in [2.24, 2.45) is 22.7 Å². The molecule has 282 valence electrons. The largest absolute Gasteiger partial charge is 0.447 e. The Hall–Kier alpha value is -3.82. The van der Waals surface area contributed by atoms with E-state index in [9.17, 15) is 28.8 Å². The Bertz CT molecular complexity index is 1230. The van der Waals surface area contributed by atoms with E-state index in [-0.39, 0.29) is 37.2 Å². The summed E-state index contributed by atoms with van der Waals surface area (Å²) in [7, 11) is 0. The number of hydrogen-bond donors (Lipinski definition) is 5. The van der Waals surface area contributed by atoms with Crippen LogP contribution >= 0.6 is 0 Å². The monoisotopic (exact) mass is 702 g/mol. The van der Waals surface area contributed by atoms with Crippen molar-refractivity contribution >= 4 is 35.6 Å². The fraction of sp³-hybridized carbons (Fsp3) is 0.784. The van der Waals surface area contributed by atoms with Crippen LogP contribution in [0.4, 0.5) is 9.59 Å². The number of ether oxygens (including phenoxy) is 1. The summed E-state index contributed by atoms with van der Waals surface area (Å²) >= 11 is 0. The number of ketones is 1. The first-order chi connectivity index (χ1) is 23.5. The van der Waals surface area contributed by atoms with E-state index in [0.717, 1.165) is 19.3 Å². The number of urea groups is 1. The standard InChI is InChI=1S/C37H62N6O7/c1-10-13-17-26(29(44)32(46)39-21-11-2)40-31(45)28-25(24(4)5)18-22-43(28)33(47)30(37(9)19-15-14-16-20-37)42-34(48)41-27(36(6,7)8)23-50-35(49)38-12-3/h1,24-28,30H,11-23H2,2-9H3,(H,38,49)(H,39,46)(H,40,45)(H2,41,42,48)/t25-,26?,27-,28?,30?/m1/s1. The molecule has 0 radical (unpaired) electrons. The van der Waals surface area contributed by atoms with Crippen LogP contribution in [0.2, 0.25) is 0 Å². The molecule has 1 heterocycles. The molecule has 1 aliphatic carbocycles. The topological polar surface area (TPSA) is 175 Å². The summed E-state index contributed by atoms with van der Waals surface area (Å²) in [6.07, 6.45) is 10.6. The molecular weight excluding hydrogens is 640 g/mol. The minimum Gasteiger partial charge on any atom is -0.447 e. The molecule has 5 atom stereocenters. The van der Waals surface area contributed by atoms with E-state index in [4.69, 9.17) is 11.2 Å². The molecule has 2 aliphatic rings. The summed E-state index contributed by atoms with van der Waals surface area (Å²) in [4.78, 5) is 81.9. The van der Waals surface area contributed by atoms with Crippen molar-refractivity contribution in [3.05, 3.63) is 0 Å². The van der Waals surface area contributed by atoms with Gasteiger partial charge in [-0.25, -0.2) is 9.59 Å². The van der Waals surface area contributed by atoms with Crippen molar-refractivity contribution in [3.63, 3.8) is 0 Å². The normalized spacial score (nSPS) is 20.4. The van der Waals surface area contributed by atoms with E-state index in [0.29, 0.717) is 45.3 Å². The average Bonchev–Trinajstić information content (AvgIpc) is 3.51. The minimum absolute atomic E-state index is 0.0219. The van der Waals surface area contributed by atoms with E-state index in [1.807, 2.05) is 48.5 Å². The third kappa shape index (κ3) is 11.9. The number of alkyl carbamates (subject to hydrolysis) is 1. The van der Waals surface area contributed by atoms with Crippen LogP contribution in [0.5, 0.6) is 0 Å². The van der Waals surface area contributed by atoms with E-state index in [1.54, 1.807) is 11.8 Å². The Balaban J connectivity index is 2.41. The Morgan fingerprint density at radius 3 is 2.20 bits per heavy atom. The van der Waals surface area contributed by atoms with Gasteiger partial charge in [0.15, 0.2) is 0 Å². The van der Waals surface area contributed by atoms with E-state index >= 15 is 0 Å². The second-order valence-corrected chi connectivity index (χ2v) is 15.4. The van der Waals surface area contributed by atoms with E-state index in [2.05, 4.69) is 32.5 Å². The van der Waals surface area contributed by atoms with Crippen LogP contribution in [-0.4, -0.2) is 90.9 Å². The molecule has 13 heteroatoms. The van der Waals surface area contributed by atoms with Gasteiger partial charge in [0.25, 0.3) is 5.91 Å². The second kappa shape index (κ2) is 19.5. The highest BCUT2D eigenvalue weighted by Crippen LogP contribution is 2.41. The molecule has 0 bridgehead atoms. The number of carbonyl (C=O) groups excluding carboxylic acids is 6. The lowest BCUT2D eigenvalue weighted by molar-refractivity contribution is -0.145. The van der Waals surface area contributed by atoms with Gasteiger partial charge in [0.1, 0.15) is 18.7 Å². The third-order valence-electron chi connectivity index (χ3n) is 10.1. The van der Waals surface area contributed by atoms with E-state index < -0.39 is 64.7 Å². The van der Waals surface area contributed by atoms with Crippen molar-refractivity contribution in [2.75, 3.05) is 26.2 Å². The second-order valence-electron chi connectivity index (χ2n) is 15.4. The van der Waals surface area contributed by atoms with Crippen molar-refractivity contribution in [1.29, 1.82) is 0 Å². The van der Waals surface area contributed by atoms with Crippen LogP contribution in [0.15, 0.2) is 0 Å². The van der Waals surface area contributed by atoms with Gasteiger partial charge in [0.05, 0.1) is 12.1 Å². The number of rotatable bonds is 16. The number of nitrogens with one attached hydrogen (secondary N) is 5. The first kappa shape index (κ1) is 42.3. The molecule has 6 amide bonds. The molecule has 0 spiro atoms. The summed E-state index contributed by atoms with van der Waals surface area (Å²) in [5, 5.41) is 13.8. The zero-order valence-electron chi connectivity index (χ0n) is 31.5. The number of nitrogens with zero attached hydrogens (tertiary/aromatic N) is 1. The Morgan fingerprint density at radius 2 is 1.64 bits per heavy atom. The van der Waals surface area contributed by atoms with Crippen molar-refractivity contribution in [1.82, 2.24) is 31.5 Å². The number of carbonyl (C=O) groups is 6. The Kier molecular flexibility index (Phi) is 16.5. The molecule has 0 aromatic heterocycles. The molecule has 3 unspecified atom stereocenters. The van der Waals surface area contributed by atoms with Crippen molar-refractivity contribution < 1.29 is 33.5 Å². The highest BCUT2D eigenvalue weighted by Gasteiger charge is 2.50. The lowest BCUT2D eigenvalue weighted by Crippen LogP contribution is -2.63. The van der Waals surface area contributed by atoms with Gasteiger partial charge >= 0.3 is 12.1 Å². The third-order valence-corrected chi connectivity index (χ3v) is 10.1. The molecule has 1 saturated heterocycles. The first-order valence-corrected chi connectivity index (χ1v) is 18.3. The predicted molar refractivity (Wildman–Crippen MR) is 192 cm³/mol. The minimum atomic E-state index is -1.15. The van der Waals surface area contributed by atoms with Crippen LogP contribution < -0.4 is 26.6 Å². The number of likely N-dealkylation sites (tertiary alicyclic amines) is 1. The maximum Gasteiger partial charge on any atom is 0.407 e. The van der Waals surface area contributed by atoms with Gasteiger partial charge < -0.3 is 36.2 Å². The molecule has 5 N–H and O–H groups in total. The van der Waals surface area contributed by atoms with Gasteiger partial charge in [0, 0.05) is 26.1 Å². The highest BCUT2D eigenvalue weighted by atomic mass is 16.5. The van der Waals surface area contributed by atoms with Crippen LogP contribution in [0.1, 0.15) is 113 Å². The zero-order chi connectivity index (χ0) is 37.6. The molecule has 1 saturated carbocycles. The van der Waals surface area contributed by atoms with Crippen molar-refractivity contribution in [3.8, 4) is 12.3 Å². The molecule has 1 aliphatic heterocycles. The quantitative estimate of drug-likeness (QED) is 0.121. The maximum absolute atomic E-state index is 14.7. The highest BCUT2D eigenvalue weighted by molar-refractivity contribution is 6.38. The van der Waals surface area contributed by atoms with Gasteiger partial charge in [-0.3, -0.25) is 19.2 Å². The number of Topliss-reactive ketones (excluding diaryl/α,β-unsaturated/α-hetero) is 1. The smallest absolute Gasteiger partial charge is 0.407 e. The molecular formula is C37H62N6O7. The number of hydrogen-bond acceptors (Lipinski definition) is 7. The predicted octanol–water partition coefficient (Wildman–Crippen LogP) is 3.65. The number of terminal acetylenes is 1. The molecule has 2 fully saturated rings. The fourth-order valence-electron chi connectivity index (χ4n) is 6.88. The molecule has 13 nitrogen and oxygen atoms in total. The average molecular weight is 703 g/mol. The number of amides is 6. The zero-order valence-corrected chi connectivity index (χ0v) is 31.5. The summed E-state index contributed by atoms with van der Waals surface area (Å²) in [6, 6.07) is -4.16. The van der Waals surface area contributed by atoms with Crippen LogP contribution in [0, 0.1) is 35.0 Å². The summed E-state index contributed by atoms with van der Waals surface area (Å²) in [5.41, 5.74) is -1.07. The first-order valence-electron chi connectivity index (χ1n) is 18.3. The van der Waals surface area contributed by atoms with Gasteiger partial charge in [-0.15, -0.1) is 12.3 Å². The molecule has 0 aromatic carbocycles. The van der Waals surface area contributed by atoms with E-state index in [1.165, 1.54) is 0 Å². The maximum atomic E-state index is 14.7.